The highest BCUT2D eigenvalue weighted by atomic mass is 16.6. The molecule has 1 saturated heterocycles. The molecule has 328 valence electrons. The van der Waals surface area contributed by atoms with Crippen LogP contribution in [0, 0.1) is 16.7 Å². The van der Waals surface area contributed by atoms with Gasteiger partial charge in [0, 0.05) is 37.7 Å². The fourth-order valence-electron chi connectivity index (χ4n) is 10.2. The van der Waals surface area contributed by atoms with Gasteiger partial charge in [0.2, 0.25) is 0 Å². The maximum atomic E-state index is 15.5. The minimum Gasteiger partial charge on any atom is -0.456 e. The molecule has 15 heteroatoms. The normalized spacial score (nSPS) is 31.9. The van der Waals surface area contributed by atoms with Crippen LogP contribution < -0.4 is 5.32 Å². The number of carbonyl (C=O) groups is 6. The molecule has 3 aromatic carbocycles. The van der Waals surface area contributed by atoms with E-state index in [1.165, 1.54) is 26.0 Å². The molecule has 0 spiro atoms. The Bertz CT molecular complexity index is 2280. The van der Waals surface area contributed by atoms with Crippen molar-refractivity contribution in [3.05, 3.63) is 119 Å². The van der Waals surface area contributed by atoms with Crippen molar-refractivity contribution in [3.63, 3.8) is 0 Å². The number of esters is 4. The smallest absolute Gasteiger partial charge is 0.338 e. The van der Waals surface area contributed by atoms with Crippen LogP contribution in [0.15, 0.2) is 102 Å². The van der Waals surface area contributed by atoms with E-state index < -0.39 is 113 Å². The number of carbonyl (C=O) groups excluding carboxylic acids is 6. The number of hydrogen-bond donors (Lipinski definition) is 4. The van der Waals surface area contributed by atoms with Gasteiger partial charge >= 0.3 is 23.9 Å². The summed E-state index contributed by atoms with van der Waals surface area (Å²) in [6.07, 6.45) is -10.5. The molecule has 3 aliphatic carbocycles. The standard InChI is InChI=1S/C47H51NO14/c1-25-31(60-43(56)36(52)35(28-16-10-7-11-17-28)48-41(54)29-18-12-8-13-19-29)23-47(57)40(61-42(55)30-20-14-9-15-21-30)38-45(6,32(51)22-33-46(38,24-58-33)62-27(3)50)39(53)37(59-26(2)49)34(25)44(47,4)5/h7-21,31-33,35-38,40,51-52,57H,22-24H2,1-6H3,(H,48,54)/t31-,32+,33-,35+,36+,37-,38?,40-,45-,46?,47-/m1/s1. The first-order valence-electron chi connectivity index (χ1n) is 20.5. The van der Waals surface area contributed by atoms with Crippen LogP contribution in [0.3, 0.4) is 0 Å². The molecule has 1 amide bonds. The van der Waals surface area contributed by atoms with Crippen LogP contribution in [-0.4, -0.2) is 105 Å². The van der Waals surface area contributed by atoms with Crippen LogP contribution in [0.1, 0.15) is 86.7 Å². The van der Waals surface area contributed by atoms with Crippen LogP contribution >= 0.6 is 0 Å². The first-order valence-corrected chi connectivity index (χ1v) is 20.5. The van der Waals surface area contributed by atoms with Crippen molar-refractivity contribution in [2.75, 3.05) is 6.61 Å². The molecule has 3 aromatic rings. The van der Waals surface area contributed by atoms with E-state index in [0.29, 0.717) is 5.56 Å². The van der Waals surface area contributed by atoms with Crippen molar-refractivity contribution in [2.24, 2.45) is 16.7 Å². The first-order chi connectivity index (χ1) is 29.3. The van der Waals surface area contributed by atoms with Crippen LogP contribution in [0.4, 0.5) is 0 Å². The molecular formula is C47H51NO14. The number of aliphatic hydroxyl groups is 3. The van der Waals surface area contributed by atoms with Crippen molar-refractivity contribution < 1.29 is 67.8 Å². The lowest BCUT2D eigenvalue weighted by Gasteiger charge is -2.67. The van der Waals surface area contributed by atoms with Gasteiger partial charge in [0.15, 0.2) is 23.6 Å². The summed E-state index contributed by atoms with van der Waals surface area (Å²) in [4.78, 5) is 83.5. The van der Waals surface area contributed by atoms with Crippen molar-refractivity contribution in [1.82, 2.24) is 5.32 Å². The van der Waals surface area contributed by atoms with E-state index >= 15 is 4.79 Å². The minimum absolute atomic E-state index is 0.00289. The monoisotopic (exact) mass is 853 g/mol. The highest BCUT2D eigenvalue weighted by Crippen LogP contribution is 2.64. The average molecular weight is 854 g/mol. The molecule has 2 bridgehead atoms. The molecule has 15 nitrogen and oxygen atoms in total. The summed E-state index contributed by atoms with van der Waals surface area (Å²) in [5.74, 6) is -6.84. The van der Waals surface area contributed by atoms with Gasteiger partial charge in [-0.25, -0.2) is 9.59 Å². The number of ketones is 1. The number of rotatable bonds is 10. The molecule has 4 aliphatic rings. The minimum atomic E-state index is -2.39. The van der Waals surface area contributed by atoms with E-state index in [0.717, 1.165) is 13.8 Å². The molecular weight excluding hydrogens is 803 g/mol. The number of benzene rings is 3. The van der Waals surface area contributed by atoms with Crippen molar-refractivity contribution in [2.45, 2.75) is 108 Å². The number of ether oxygens (including phenoxy) is 5. The summed E-state index contributed by atoms with van der Waals surface area (Å²) < 4.78 is 30.3. The van der Waals surface area contributed by atoms with Gasteiger partial charge in [-0.15, -0.1) is 0 Å². The Morgan fingerprint density at radius 3 is 1.95 bits per heavy atom. The Kier molecular flexibility index (Phi) is 11.8. The van der Waals surface area contributed by atoms with Crippen LogP contribution in [0.25, 0.3) is 0 Å². The van der Waals surface area contributed by atoms with Crippen LogP contribution in [0.2, 0.25) is 0 Å². The van der Waals surface area contributed by atoms with E-state index in [4.69, 9.17) is 23.7 Å². The lowest BCUT2D eigenvalue weighted by molar-refractivity contribution is -0.346. The van der Waals surface area contributed by atoms with E-state index in [1.807, 2.05) is 0 Å². The Hall–Kier alpha value is -5.74. The van der Waals surface area contributed by atoms with Gasteiger partial charge in [-0.3, -0.25) is 19.2 Å². The number of aliphatic hydroxyl groups excluding tert-OH is 2. The molecule has 0 aromatic heterocycles. The number of amides is 1. The Morgan fingerprint density at radius 2 is 1.40 bits per heavy atom. The second-order valence-corrected chi connectivity index (χ2v) is 17.4. The highest BCUT2D eigenvalue weighted by Gasteiger charge is 2.78. The topological polar surface area (TPSA) is 221 Å². The van der Waals surface area contributed by atoms with Crippen molar-refractivity contribution in [1.29, 1.82) is 0 Å². The van der Waals surface area contributed by atoms with Gasteiger partial charge in [0.1, 0.15) is 23.9 Å². The number of fused-ring (bicyclic) bond motifs is 5. The highest BCUT2D eigenvalue weighted by molar-refractivity contribution is 5.96. The summed E-state index contributed by atoms with van der Waals surface area (Å²) in [5.41, 5.74) is -7.02. The zero-order valence-corrected chi connectivity index (χ0v) is 35.2. The predicted molar refractivity (Wildman–Crippen MR) is 218 cm³/mol. The van der Waals surface area contributed by atoms with Gasteiger partial charge in [-0.2, -0.15) is 0 Å². The SMILES string of the molecule is CC(=O)O[C@H]1C(=O)[C@@]2(C)C([C@@H](OC(=O)c3ccccc3)[C@]3(O)C[C@@H](OC(=O)[C@@H](O)[C@@H](NC(=O)c4ccccc4)c4ccccc4)C(C)=C1C3(C)C)C1(OC(C)=O)CO[C@@H]1C[C@@H]2O. The molecule has 11 atom stereocenters. The summed E-state index contributed by atoms with van der Waals surface area (Å²) in [6.45, 7) is 7.97. The van der Waals surface area contributed by atoms with Crippen LogP contribution in [0.5, 0.6) is 0 Å². The summed E-state index contributed by atoms with van der Waals surface area (Å²) >= 11 is 0. The number of Topliss-reactive ketones (excluding diaryl/α,β-unsaturated/α-hetero) is 1. The lowest BCUT2D eigenvalue weighted by Crippen LogP contribution is -2.82. The third-order valence-corrected chi connectivity index (χ3v) is 13.5. The Balaban J connectivity index is 1.39. The van der Waals surface area contributed by atoms with Gasteiger partial charge in [-0.1, -0.05) is 80.6 Å². The van der Waals surface area contributed by atoms with Gasteiger partial charge in [0.25, 0.3) is 5.91 Å². The van der Waals surface area contributed by atoms with Gasteiger partial charge in [0.05, 0.1) is 35.6 Å². The van der Waals surface area contributed by atoms with Gasteiger partial charge < -0.3 is 44.3 Å². The van der Waals surface area contributed by atoms with Crippen LogP contribution in [-0.2, 0) is 42.9 Å². The average Bonchev–Trinajstić information content (AvgIpc) is 3.24. The molecule has 1 aliphatic heterocycles. The molecule has 1 heterocycles. The first kappa shape index (κ1) is 44.3. The third-order valence-electron chi connectivity index (χ3n) is 13.5. The largest absolute Gasteiger partial charge is 0.456 e. The third kappa shape index (κ3) is 7.29. The zero-order valence-electron chi connectivity index (χ0n) is 35.2. The molecule has 2 saturated carbocycles. The molecule has 2 unspecified atom stereocenters. The fourth-order valence-corrected chi connectivity index (χ4v) is 10.2. The van der Waals surface area contributed by atoms with E-state index in [1.54, 1.807) is 92.7 Å². The van der Waals surface area contributed by atoms with Gasteiger partial charge in [-0.05, 0) is 54.8 Å². The second kappa shape index (κ2) is 16.5. The predicted octanol–water partition coefficient (Wildman–Crippen LogP) is 3.74. The molecule has 0 radical (unpaired) electrons. The molecule has 3 fully saturated rings. The van der Waals surface area contributed by atoms with E-state index in [9.17, 15) is 39.3 Å². The Labute approximate surface area is 358 Å². The van der Waals surface area contributed by atoms with Crippen molar-refractivity contribution >= 4 is 35.6 Å². The second-order valence-electron chi connectivity index (χ2n) is 17.4. The maximum Gasteiger partial charge on any atom is 0.338 e. The fraction of sp³-hybridized carbons (Fsp3) is 0.447. The molecule has 7 rings (SSSR count). The lowest BCUT2D eigenvalue weighted by atomic mass is 9.44. The quantitative estimate of drug-likeness (QED) is 0.130. The number of hydrogen-bond acceptors (Lipinski definition) is 14. The number of nitrogens with one attached hydrogen (secondary N) is 1. The summed E-state index contributed by atoms with van der Waals surface area (Å²) in [6, 6.07) is 22.9. The Morgan fingerprint density at radius 1 is 0.823 bits per heavy atom. The van der Waals surface area contributed by atoms with Crippen molar-refractivity contribution in [3.8, 4) is 0 Å². The van der Waals surface area contributed by atoms with E-state index in [2.05, 4.69) is 5.32 Å². The van der Waals surface area contributed by atoms with E-state index in [-0.39, 0.29) is 35.3 Å². The zero-order chi connectivity index (χ0) is 44.9. The molecule has 4 N–H and O–H groups in total. The summed E-state index contributed by atoms with van der Waals surface area (Å²) in [5, 5.41) is 40.2. The molecule has 62 heavy (non-hydrogen) atoms. The summed E-state index contributed by atoms with van der Waals surface area (Å²) in [7, 11) is 0. The maximum absolute atomic E-state index is 15.5.